The molecule has 1 atom stereocenters. The number of rotatable bonds is 6. The second-order valence-corrected chi connectivity index (χ2v) is 5.15. The smallest absolute Gasteiger partial charge is 0.211 e. The summed E-state index contributed by atoms with van der Waals surface area (Å²) in [5, 5.41) is 24.5. The molecule has 0 amide bonds. The van der Waals surface area contributed by atoms with Crippen molar-refractivity contribution in [3.05, 3.63) is 0 Å². The summed E-state index contributed by atoms with van der Waals surface area (Å²) in [6.07, 6.45) is 0.747. The molecule has 0 fully saturated rings. The SMILES string of the molecule is CCCC(C#N)S(=O)(=O)N(CC#N)CC#N. The molecule has 0 aliphatic carbocycles. The van der Waals surface area contributed by atoms with E-state index in [1.165, 1.54) is 0 Å². The Bertz CT molecular complexity index is 422. The Balaban J connectivity index is 5.07. The van der Waals surface area contributed by atoms with Crippen molar-refractivity contribution >= 4 is 10.0 Å². The summed E-state index contributed by atoms with van der Waals surface area (Å²) in [5.74, 6) is 0. The Kier molecular flexibility index (Phi) is 6.10. The third kappa shape index (κ3) is 3.51. The van der Waals surface area contributed by atoms with Gasteiger partial charge in [0.2, 0.25) is 10.0 Å². The maximum absolute atomic E-state index is 11.8. The van der Waals surface area contributed by atoms with E-state index in [2.05, 4.69) is 0 Å². The number of sulfonamides is 1. The van der Waals surface area contributed by atoms with Crippen LogP contribution in [0.3, 0.4) is 0 Å². The van der Waals surface area contributed by atoms with Crippen molar-refractivity contribution in [3.63, 3.8) is 0 Å². The van der Waals surface area contributed by atoms with E-state index < -0.39 is 28.4 Å². The first-order chi connectivity index (χ1) is 7.54. The van der Waals surface area contributed by atoms with Crippen LogP contribution >= 0.6 is 0 Å². The highest BCUT2D eigenvalue weighted by Gasteiger charge is 2.31. The highest BCUT2D eigenvalue weighted by molar-refractivity contribution is 7.90. The molecule has 6 nitrogen and oxygen atoms in total. The summed E-state index contributed by atoms with van der Waals surface area (Å²) >= 11 is 0. The van der Waals surface area contributed by atoms with Gasteiger partial charge < -0.3 is 0 Å². The van der Waals surface area contributed by atoms with Gasteiger partial charge in [-0.15, -0.1) is 0 Å². The fraction of sp³-hybridized carbons (Fsp3) is 0.667. The number of hydrogen-bond acceptors (Lipinski definition) is 5. The average molecular weight is 240 g/mol. The summed E-state index contributed by atoms with van der Waals surface area (Å²) in [5.41, 5.74) is 0. The van der Waals surface area contributed by atoms with Crippen LogP contribution in [0.1, 0.15) is 19.8 Å². The maximum Gasteiger partial charge on any atom is 0.232 e. The van der Waals surface area contributed by atoms with Crippen LogP contribution in [0.25, 0.3) is 0 Å². The summed E-state index contributed by atoms with van der Waals surface area (Å²) in [6, 6.07) is 5.02. The zero-order valence-electron chi connectivity index (χ0n) is 8.92. The minimum Gasteiger partial charge on any atom is -0.211 e. The Morgan fingerprint density at radius 1 is 1.19 bits per heavy atom. The van der Waals surface area contributed by atoms with Crippen molar-refractivity contribution in [1.82, 2.24) is 4.31 Å². The van der Waals surface area contributed by atoms with Crippen molar-refractivity contribution in [3.8, 4) is 18.2 Å². The minimum atomic E-state index is -3.87. The largest absolute Gasteiger partial charge is 0.232 e. The number of nitriles is 3. The summed E-state index contributed by atoms with van der Waals surface area (Å²) in [7, 11) is -3.87. The molecule has 0 aromatic rings. The second kappa shape index (κ2) is 6.79. The van der Waals surface area contributed by atoms with Crippen LogP contribution in [-0.2, 0) is 10.0 Å². The molecule has 0 rings (SSSR count). The Labute approximate surface area is 95.4 Å². The van der Waals surface area contributed by atoms with Gasteiger partial charge in [0.05, 0.1) is 18.2 Å². The predicted molar refractivity (Wildman–Crippen MR) is 56.0 cm³/mol. The molecule has 1 unspecified atom stereocenters. The molecule has 0 aromatic carbocycles. The van der Waals surface area contributed by atoms with Crippen molar-refractivity contribution in [1.29, 1.82) is 15.8 Å². The monoisotopic (exact) mass is 240 g/mol. The molecule has 7 heteroatoms. The van der Waals surface area contributed by atoms with Gasteiger partial charge in [-0.2, -0.15) is 20.1 Å². The predicted octanol–water partition coefficient (Wildman–Crippen LogP) is 0.358. The van der Waals surface area contributed by atoms with Crippen LogP contribution in [0, 0.1) is 34.0 Å². The van der Waals surface area contributed by atoms with Crippen LogP contribution < -0.4 is 0 Å². The van der Waals surface area contributed by atoms with Crippen LogP contribution in [0.5, 0.6) is 0 Å². The van der Waals surface area contributed by atoms with Gasteiger partial charge in [-0.3, -0.25) is 0 Å². The molecule has 0 spiro atoms. The Morgan fingerprint density at radius 2 is 1.69 bits per heavy atom. The lowest BCUT2D eigenvalue weighted by atomic mass is 10.3. The Hall–Kier alpha value is -1.62. The molecule has 0 aliphatic heterocycles. The van der Waals surface area contributed by atoms with E-state index in [4.69, 9.17) is 15.8 Å². The molecule has 86 valence electrons. The first kappa shape index (κ1) is 14.4. The highest BCUT2D eigenvalue weighted by Crippen LogP contribution is 2.13. The molecule has 0 aliphatic rings. The van der Waals surface area contributed by atoms with Gasteiger partial charge >= 0.3 is 0 Å². The number of nitrogens with zero attached hydrogens (tertiary/aromatic N) is 4. The van der Waals surface area contributed by atoms with Gasteiger partial charge in [0.25, 0.3) is 0 Å². The van der Waals surface area contributed by atoms with E-state index in [-0.39, 0.29) is 6.42 Å². The third-order valence-corrected chi connectivity index (χ3v) is 3.95. The molecule has 0 N–H and O–H groups in total. The highest BCUT2D eigenvalue weighted by atomic mass is 32.2. The van der Waals surface area contributed by atoms with Crippen molar-refractivity contribution < 1.29 is 8.42 Å². The van der Waals surface area contributed by atoms with Gasteiger partial charge in [-0.05, 0) is 6.42 Å². The molecule has 0 saturated heterocycles. The normalized spacial score (nSPS) is 12.4. The summed E-state index contributed by atoms with van der Waals surface area (Å²) < 4.78 is 24.4. The van der Waals surface area contributed by atoms with Gasteiger partial charge in [0.1, 0.15) is 13.1 Å². The topological polar surface area (TPSA) is 109 Å². The third-order valence-electron chi connectivity index (χ3n) is 1.91. The average Bonchev–Trinajstić information content (AvgIpc) is 2.25. The fourth-order valence-electron chi connectivity index (χ4n) is 1.12. The van der Waals surface area contributed by atoms with E-state index in [1.54, 1.807) is 25.1 Å². The van der Waals surface area contributed by atoms with Crippen LogP contribution in [0.15, 0.2) is 0 Å². The lowest BCUT2D eigenvalue weighted by molar-refractivity contribution is 0.470. The van der Waals surface area contributed by atoms with Gasteiger partial charge in [0, 0.05) is 0 Å². The fourth-order valence-corrected chi connectivity index (χ4v) is 2.62. The zero-order chi connectivity index (χ0) is 12.6. The molecular formula is C9H12N4O2S. The lowest BCUT2D eigenvalue weighted by Gasteiger charge is -2.18. The van der Waals surface area contributed by atoms with Crippen LogP contribution in [0.2, 0.25) is 0 Å². The minimum absolute atomic E-state index is 0.201. The van der Waals surface area contributed by atoms with E-state index >= 15 is 0 Å². The van der Waals surface area contributed by atoms with Crippen molar-refractivity contribution in [2.24, 2.45) is 0 Å². The van der Waals surface area contributed by atoms with Gasteiger partial charge in [0.15, 0.2) is 5.25 Å². The zero-order valence-corrected chi connectivity index (χ0v) is 9.74. The van der Waals surface area contributed by atoms with Crippen LogP contribution in [0.4, 0.5) is 0 Å². The van der Waals surface area contributed by atoms with Gasteiger partial charge in [-0.25, -0.2) is 8.42 Å². The molecule has 0 radical (unpaired) electrons. The Morgan fingerprint density at radius 3 is 2.00 bits per heavy atom. The summed E-state index contributed by atoms with van der Waals surface area (Å²) in [6.45, 7) is 0.953. The molecule has 16 heavy (non-hydrogen) atoms. The van der Waals surface area contributed by atoms with Crippen LogP contribution in [-0.4, -0.2) is 31.1 Å². The quantitative estimate of drug-likeness (QED) is 0.622. The molecule has 0 bridgehead atoms. The summed E-state index contributed by atoms with van der Waals surface area (Å²) in [4.78, 5) is 0. The lowest BCUT2D eigenvalue weighted by Crippen LogP contribution is -2.38. The van der Waals surface area contributed by atoms with Crippen molar-refractivity contribution in [2.75, 3.05) is 13.1 Å². The number of hydrogen-bond donors (Lipinski definition) is 0. The molecule has 0 aromatic heterocycles. The molecular weight excluding hydrogens is 228 g/mol. The second-order valence-electron chi connectivity index (χ2n) is 3.04. The first-order valence-electron chi connectivity index (χ1n) is 4.67. The van der Waals surface area contributed by atoms with E-state index in [1.807, 2.05) is 0 Å². The van der Waals surface area contributed by atoms with E-state index in [0.29, 0.717) is 6.42 Å². The van der Waals surface area contributed by atoms with Gasteiger partial charge in [-0.1, -0.05) is 13.3 Å². The maximum atomic E-state index is 11.8. The molecule has 0 heterocycles. The van der Waals surface area contributed by atoms with Crippen molar-refractivity contribution in [2.45, 2.75) is 25.0 Å². The van der Waals surface area contributed by atoms with E-state index in [9.17, 15) is 8.42 Å². The first-order valence-corrected chi connectivity index (χ1v) is 6.17. The van der Waals surface area contributed by atoms with E-state index in [0.717, 1.165) is 4.31 Å². The standard InChI is InChI=1S/C9H12N4O2S/c1-2-3-9(8-12)16(14,15)13(6-4-10)7-5-11/h9H,2-3,6-7H2,1H3. The molecule has 0 saturated carbocycles.